The van der Waals surface area contributed by atoms with E-state index in [1.54, 1.807) is 19.1 Å². The van der Waals surface area contributed by atoms with Gasteiger partial charge in [-0.15, -0.1) is 0 Å². The average molecular weight is 368 g/mol. The van der Waals surface area contributed by atoms with Gasteiger partial charge in [-0.1, -0.05) is 26.0 Å². The first-order valence-electron chi connectivity index (χ1n) is 8.82. The fourth-order valence-electron chi connectivity index (χ4n) is 3.41. The molecule has 0 bridgehead atoms. The van der Waals surface area contributed by atoms with Crippen LogP contribution in [-0.2, 0) is 16.4 Å². The average Bonchev–Trinajstić information content (AvgIpc) is 3.04. The summed E-state index contributed by atoms with van der Waals surface area (Å²) in [4.78, 5) is 16.9. The van der Waals surface area contributed by atoms with Gasteiger partial charge >= 0.3 is 6.03 Å². The fourth-order valence-corrected chi connectivity index (χ4v) is 4.43. The molecule has 1 fully saturated rings. The molecule has 7 heteroatoms. The monoisotopic (exact) mass is 367 g/mol. The van der Waals surface area contributed by atoms with E-state index in [1.807, 2.05) is 11.0 Å². The second-order valence-corrected chi connectivity index (χ2v) is 8.62. The van der Waals surface area contributed by atoms with E-state index < -0.39 is 9.84 Å². The molecule has 0 aromatic heterocycles. The summed E-state index contributed by atoms with van der Waals surface area (Å²) in [5, 5.41) is 2.91. The van der Waals surface area contributed by atoms with E-state index in [0.29, 0.717) is 17.5 Å². The minimum Gasteiger partial charge on any atom is -0.334 e. The van der Waals surface area contributed by atoms with Crippen LogP contribution in [0.15, 0.2) is 23.1 Å². The molecule has 140 valence electrons. The molecule has 6 nitrogen and oxygen atoms in total. The van der Waals surface area contributed by atoms with Crippen LogP contribution in [0, 0.1) is 6.92 Å². The fraction of sp³-hybridized carbons (Fsp3) is 0.611. The smallest absolute Gasteiger partial charge is 0.317 e. The molecule has 1 aliphatic rings. The van der Waals surface area contributed by atoms with Crippen molar-refractivity contribution in [2.75, 3.05) is 32.4 Å². The van der Waals surface area contributed by atoms with Crippen LogP contribution >= 0.6 is 0 Å². The molecule has 1 N–H and O–H groups in total. The zero-order chi connectivity index (χ0) is 18.6. The summed E-state index contributed by atoms with van der Waals surface area (Å²) in [6.45, 7) is 9.88. The SMILES string of the molecule is CCN(CC)C1CCN(C(=O)NCc2ccc(C)c(S(C)(=O)=O)c2)C1. The minimum absolute atomic E-state index is 0.0869. The molecule has 1 saturated heterocycles. The van der Waals surface area contributed by atoms with Crippen molar-refractivity contribution in [1.29, 1.82) is 0 Å². The van der Waals surface area contributed by atoms with Gasteiger partial charge in [-0.3, -0.25) is 4.90 Å². The van der Waals surface area contributed by atoms with E-state index in [1.165, 1.54) is 6.26 Å². The van der Waals surface area contributed by atoms with Gasteiger partial charge in [-0.2, -0.15) is 0 Å². The highest BCUT2D eigenvalue weighted by Gasteiger charge is 2.28. The first-order valence-corrected chi connectivity index (χ1v) is 10.7. The Hall–Kier alpha value is -1.60. The third-order valence-corrected chi connectivity index (χ3v) is 6.11. The Morgan fingerprint density at radius 2 is 2.00 bits per heavy atom. The molecule has 1 atom stereocenters. The Labute approximate surface area is 151 Å². The van der Waals surface area contributed by atoms with Crippen LogP contribution in [0.25, 0.3) is 0 Å². The van der Waals surface area contributed by atoms with Crippen molar-refractivity contribution < 1.29 is 13.2 Å². The van der Waals surface area contributed by atoms with Crippen molar-refractivity contribution in [3.8, 4) is 0 Å². The quantitative estimate of drug-likeness (QED) is 0.835. The standard InChI is InChI=1S/C18H29N3O3S/c1-5-20(6-2)16-9-10-21(13-16)18(22)19-12-15-8-7-14(3)17(11-15)25(4,23)24/h7-8,11,16H,5-6,9-10,12-13H2,1-4H3,(H,19,22). The lowest BCUT2D eigenvalue weighted by molar-refractivity contribution is 0.192. The maximum absolute atomic E-state index is 12.4. The summed E-state index contributed by atoms with van der Waals surface area (Å²) in [6.07, 6.45) is 2.20. The number of likely N-dealkylation sites (tertiary alicyclic amines) is 1. The zero-order valence-corrected chi connectivity index (χ0v) is 16.4. The summed E-state index contributed by atoms with van der Waals surface area (Å²) in [5.41, 5.74) is 1.51. The number of likely N-dealkylation sites (N-methyl/N-ethyl adjacent to an activating group) is 1. The van der Waals surface area contributed by atoms with Crippen LogP contribution in [0.5, 0.6) is 0 Å². The highest BCUT2D eigenvalue weighted by molar-refractivity contribution is 7.90. The van der Waals surface area contributed by atoms with Crippen molar-refractivity contribution in [2.45, 2.75) is 44.7 Å². The van der Waals surface area contributed by atoms with E-state index in [2.05, 4.69) is 24.1 Å². The van der Waals surface area contributed by atoms with Gasteiger partial charge in [0.05, 0.1) is 4.90 Å². The van der Waals surface area contributed by atoms with Gasteiger partial charge in [0, 0.05) is 31.9 Å². The maximum atomic E-state index is 12.4. The number of urea groups is 1. The number of hydrogen-bond acceptors (Lipinski definition) is 4. The highest BCUT2D eigenvalue weighted by atomic mass is 32.2. The lowest BCUT2D eigenvalue weighted by atomic mass is 10.1. The Morgan fingerprint density at radius 3 is 2.60 bits per heavy atom. The highest BCUT2D eigenvalue weighted by Crippen LogP contribution is 2.18. The maximum Gasteiger partial charge on any atom is 0.317 e. The van der Waals surface area contributed by atoms with Crippen LogP contribution in [0.2, 0.25) is 0 Å². The zero-order valence-electron chi connectivity index (χ0n) is 15.6. The Bertz CT molecular complexity index is 714. The van der Waals surface area contributed by atoms with Crippen molar-refractivity contribution in [1.82, 2.24) is 15.1 Å². The molecular formula is C18H29N3O3S. The first-order chi connectivity index (χ1) is 11.8. The van der Waals surface area contributed by atoms with E-state index in [9.17, 15) is 13.2 Å². The lowest BCUT2D eigenvalue weighted by Crippen LogP contribution is -2.42. The van der Waals surface area contributed by atoms with Crippen molar-refractivity contribution in [3.63, 3.8) is 0 Å². The van der Waals surface area contributed by atoms with Gasteiger partial charge in [-0.25, -0.2) is 13.2 Å². The third-order valence-electron chi connectivity index (χ3n) is 4.88. The molecule has 2 rings (SSSR count). The predicted octanol–water partition coefficient (Wildman–Crippen LogP) is 2.02. The number of rotatable bonds is 6. The second-order valence-electron chi connectivity index (χ2n) is 6.64. The summed E-state index contributed by atoms with van der Waals surface area (Å²) >= 11 is 0. The van der Waals surface area contributed by atoms with Crippen LogP contribution < -0.4 is 5.32 Å². The summed E-state index contributed by atoms with van der Waals surface area (Å²) in [7, 11) is -3.26. The normalized spacial score (nSPS) is 18.0. The first kappa shape index (κ1) is 19.7. The van der Waals surface area contributed by atoms with Gasteiger partial charge < -0.3 is 10.2 Å². The van der Waals surface area contributed by atoms with Crippen LogP contribution in [-0.4, -0.2) is 62.7 Å². The summed E-state index contributed by atoms with van der Waals surface area (Å²) in [5.74, 6) is 0. The largest absolute Gasteiger partial charge is 0.334 e. The van der Waals surface area contributed by atoms with Crippen molar-refractivity contribution in [3.05, 3.63) is 29.3 Å². The Kier molecular flexibility index (Phi) is 6.46. The summed E-state index contributed by atoms with van der Waals surface area (Å²) in [6, 6.07) is 5.62. The van der Waals surface area contributed by atoms with Crippen LogP contribution in [0.1, 0.15) is 31.4 Å². The molecule has 1 unspecified atom stereocenters. The molecular weight excluding hydrogens is 338 g/mol. The van der Waals surface area contributed by atoms with Gasteiger partial charge in [0.15, 0.2) is 9.84 Å². The number of aryl methyl sites for hydroxylation is 1. The topological polar surface area (TPSA) is 69.7 Å². The number of benzene rings is 1. The molecule has 0 radical (unpaired) electrons. The molecule has 0 aliphatic carbocycles. The van der Waals surface area contributed by atoms with Crippen LogP contribution in [0.4, 0.5) is 4.79 Å². The van der Waals surface area contributed by atoms with Gasteiger partial charge in [0.2, 0.25) is 0 Å². The number of carbonyl (C=O) groups is 1. The number of carbonyl (C=O) groups excluding carboxylic acids is 1. The minimum atomic E-state index is -3.26. The number of sulfone groups is 1. The van der Waals surface area contributed by atoms with Gasteiger partial charge in [0.1, 0.15) is 0 Å². The molecule has 25 heavy (non-hydrogen) atoms. The molecule has 0 spiro atoms. The molecule has 1 aromatic rings. The van der Waals surface area contributed by atoms with Gasteiger partial charge in [0.25, 0.3) is 0 Å². The van der Waals surface area contributed by atoms with E-state index >= 15 is 0 Å². The molecule has 1 heterocycles. The third kappa shape index (κ3) is 4.95. The molecule has 1 aromatic carbocycles. The van der Waals surface area contributed by atoms with Crippen molar-refractivity contribution in [2.24, 2.45) is 0 Å². The lowest BCUT2D eigenvalue weighted by Gasteiger charge is -2.26. The number of nitrogens with one attached hydrogen (secondary N) is 1. The molecule has 0 saturated carbocycles. The Morgan fingerprint density at radius 1 is 1.32 bits per heavy atom. The predicted molar refractivity (Wildman–Crippen MR) is 99.4 cm³/mol. The van der Waals surface area contributed by atoms with Crippen LogP contribution in [0.3, 0.4) is 0 Å². The van der Waals surface area contributed by atoms with E-state index in [-0.39, 0.29) is 6.03 Å². The van der Waals surface area contributed by atoms with Gasteiger partial charge in [-0.05, 0) is 43.6 Å². The number of amides is 2. The summed E-state index contributed by atoms with van der Waals surface area (Å²) < 4.78 is 23.6. The molecule has 2 amide bonds. The van der Waals surface area contributed by atoms with E-state index in [4.69, 9.17) is 0 Å². The van der Waals surface area contributed by atoms with E-state index in [0.717, 1.165) is 43.7 Å². The number of hydrogen-bond donors (Lipinski definition) is 1. The Balaban J connectivity index is 1.95. The molecule has 1 aliphatic heterocycles. The van der Waals surface area contributed by atoms with Crippen molar-refractivity contribution >= 4 is 15.9 Å². The second kappa shape index (κ2) is 8.19. The number of nitrogens with zero attached hydrogens (tertiary/aromatic N) is 2.